The number of nitrogens with one attached hydrogen (secondary N) is 1. The van der Waals surface area contributed by atoms with Gasteiger partial charge in [0.2, 0.25) is 5.91 Å². The third-order valence-corrected chi connectivity index (χ3v) is 4.81. The molecule has 1 N–H and O–H groups in total. The van der Waals surface area contributed by atoms with Crippen LogP contribution in [-0.4, -0.2) is 25.1 Å². The van der Waals surface area contributed by atoms with E-state index in [1.807, 2.05) is 19.1 Å². The normalized spacial score (nSPS) is 10.7. The number of carbonyl (C=O) groups excluding carboxylic acids is 1. The second kappa shape index (κ2) is 7.11. The van der Waals surface area contributed by atoms with Crippen molar-refractivity contribution in [3.05, 3.63) is 47.0 Å². The van der Waals surface area contributed by atoms with E-state index in [2.05, 4.69) is 29.4 Å². The van der Waals surface area contributed by atoms with Gasteiger partial charge in [0.15, 0.2) is 16.6 Å². The highest BCUT2D eigenvalue weighted by Gasteiger charge is 2.12. The van der Waals surface area contributed by atoms with Gasteiger partial charge in [0, 0.05) is 0 Å². The van der Waals surface area contributed by atoms with E-state index in [1.165, 1.54) is 16.9 Å². The van der Waals surface area contributed by atoms with Gasteiger partial charge in [-0.15, -0.1) is 0 Å². The first kappa shape index (κ1) is 17.2. The molecule has 0 unspecified atom stereocenters. The maximum atomic E-state index is 12.3. The van der Waals surface area contributed by atoms with Gasteiger partial charge < -0.3 is 14.8 Å². The molecule has 1 amide bonds. The van der Waals surface area contributed by atoms with Crippen LogP contribution in [0.15, 0.2) is 30.3 Å². The molecule has 25 heavy (non-hydrogen) atoms. The minimum Gasteiger partial charge on any atom is -0.493 e. The summed E-state index contributed by atoms with van der Waals surface area (Å²) in [6.07, 6.45) is 0.244. The summed E-state index contributed by atoms with van der Waals surface area (Å²) in [4.78, 5) is 16.9. The number of thiazole rings is 1. The quantitative estimate of drug-likeness (QED) is 0.747. The summed E-state index contributed by atoms with van der Waals surface area (Å²) in [6, 6.07) is 9.64. The molecule has 0 aliphatic carbocycles. The van der Waals surface area contributed by atoms with Crippen molar-refractivity contribution in [1.29, 1.82) is 0 Å². The minimum atomic E-state index is -0.111. The van der Waals surface area contributed by atoms with Gasteiger partial charge in [-0.1, -0.05) is 23.5 Å². The molecule has 0 aliphatic rings. The molecule has 0 aliphatic heterocycles. The SMILES string of the molecule is COc1ccc(CC(=O)Nc2nc3c(C)cc(C)cc3s2)cc1OC. The lowest BCUT2D eigenvalue weighted by atomic mass is 10.1. The highest BCUT2D eigenvalue weighted by atomic mass is 32.1. The number of fused-ring (bicyclic) bond motifs is 1. The first-order valence-electron chi connectivity index (χ1n) is 7.88. The Morgan fingerprint density at radius 3 is 2.60 bits per heavy atom. The summed E-state index contributed by atoms with van der Waals surface area (Å²) < 4.78 is 11.6. The third-order valence-electron chi connectivity index (χ3n) is 3.89. The van der Waals surface area contributed by atoms with E-state index in [9.17, 15) is 4.79 Å². The van der Waals surface area contributed by atoms with Crippen LogP contribution in [0.5, 0.6) is 11.5 Å². The Morgan fingerprint density at radius 2 is 1.88 bits per heavy atom. The van der Waals surface area contributed by atoms with Crippen molar-refractivity contribution in [1.82, 2.24) is 4.98 Å². The van der Waals surface area contributed by atoms with Gasteiger partial charge >= 0.3 is 0 Å². The zero-order valence-electron chi connectivity index (χ0n) is 14.7. The predicted octanol–water partition coefficient (Wildman–Crippen LogP) is 4.11. The number of anilines is 1. The highest BCUT2D eigenvalue weighted by Crippen LogP contribution is 2.30. The number of nitrogens with zero attached hydrogens (tertiary/aromatic N) is 1. The second-order valence-corrected chi connectivity index (χ2v) is 6.89. The number of amides is 1. The van der Waals surface area contributed by atoms with Gasteiger partial charge in [-0.2, -0.15) is 0 Å². The van der Waals surface area contributed by atoms with Crippen LogP contribution in [0.25, 0.3) is 10.2 Å². The molecule has 0 bridgehead atoms. The Balaban J connectivity index is 1.75. The number of aromatic nitrogens is 1. The standard InChI is InChI=1S/C19H20N2O3S/c1-11-7-12(2)18-16(8-11)25-19(21-18)20-17(22)10-13-5-6-14(23-3)15(9-13)24-4/h5-9H,10H2,1-4H3,(H,20,21,22). The summed E-state index contributed by atoms with van der Waals surface area (Å²) in [7, 11) is 3.16. The van der Waals surface area contributed by atoms with Crippen molar-refractivity contribution in [3.63, 3.8) is 0 Å². The van der Waals surface area contributed by atoms with E-state index in [-0.39, 0.29) is 12.3 Å². The van der Waals surface area contributed by atoms with Gasteiger partial charge in [-0.05, 0) is 48.7 Å². The van der Waals surface area contributed by atoms with E-state index >= 15 is 0 Å². The van der Waals surface area contributed by atoms with Crippen LogP contribution in [0, 0.1) is 13.8 Å². The molecule has 0 radical (unpaired) electrons. The molecule has 5 nitrogen and oxygen atoms in total. The van der Waals surface area contributed by atoms with E-state index in [4.69, 9.17) is 9.47 Å². The van der Waals surface area contributed by atoms with Gasteiger partial charge in [0.05, 0.1) is 30.9 Å². The number of hydrogen-bond donors (Lipinski definition) is 1. The molecule has 6 heteroatoms. The summed E-state index contributed by atoms with van der Waals surface area (Å²) in [6.45, 7) is 4.09. The van der Waals surface area contributed by atoms with Crippen LogP contribution in [0.1, 0.15) is 16.7 Å². The first-order chi connectivity index (χ1) is 12.0. The molecule has 0 saturated heterocycles. The number of ether oxygens (including phenoxy) is 2. The Morgan fingerprint density at radius 1 is 1.12 bits per heavy atom. The molecule has 1 heterocycles. The molecular formula is C19H20N2O3S. The zero-order valence-corrected chi connectivity index (χ0v) is 15.5. The Hall–Kier alpha value is -2.60. The van der Waals surface area contributed by atoms with Gasteiger partial charge in [-0.25, -0.2) is 4.98 Å². The molecular weight excluding hydrogens is 336 g/mol. The highest BCUT2D eigenvalue weighted by molar-refractivity contribution is 7.22. The second-order valence-electron chi connectivity index (χ2n) is 5.86. The largest absolute Gasteiger partial charge is 0.493 e. The lowest BCUT2D eigenvalue weighted by Crippen LogP contribution is -2.14. The van der Waals surface area contributed by atoms with E-state index in [0.717, 1.165) is 21.3 Å². The molecule has 0 atom stereocenters. The van der Waals surface area contributed by atoms with E-state index < -0.39 is 0 Å². The molecule has 3 aromatic rings. The van der Waals surface area contributed by atoms with Gasteiger partial charge in [0.1, 0.15) is 0 Å². The van der Waals surface area contributed by atoms with Crippen molar-refractivity contribution in [2.24, 2.45) is 0 Å². The van der Waals surface area contributed by atoms with E-state index in [0.29, 0.717) is 16.6 Å². The van der Waals surface area contributed by atoms with Crippen LogP contribution in [0.2, 0.25) is 0 Å². The summed E-state index contributed by atoms with van der Waals surface area (Å²) in [5, 5.41) is 3.51. The van der Waals surface area contributed by atoms with Gasteiger partial charge in [-0.3, -0.25) is 4.79 Å². The Kier molecular flexibility index (Phi) is 4.90. The first-order valence-corrected chi connectivity index (χ1v) is 8.70. The maximum absolute atomic E-state index is 12.3. The summed E-state index contributed by atoms with van der Waals surface area (Å²) in [5.41, 5.74) is 4.10. The third kappa shape index (κ3) is 3.74. The van der Waals surface area contributed by atoms with Crippen molar-refractivity contribution >= 4 is 32.6 Å². The number of rotatable bonds is 5. The fourth-order valence-electron chi connectivity index (χ4n) is 2.76. The summed E-state index contributed by atoms with van der Waals surface area (Å²) in [5.74, 6) is 1.14. The molecule has 3 rings (SSSR count). The smallest absolute Gasteiger partial charge is 0.230 e. The maximum Gasteiger partial charge on any atom is 0.230 e. The van der Waals surface area contributed by atoms with Crippen LogP contribution in [0.4, 0.5) is 5.13 Å². The Labute approximate surface area is 150 Å². The number of aryl methyl sites for hydroxylation is 2. The molecule has 2 aromatic carbocycles. The van der Waals surface area contributed by atoms with Crippen LogP contribution >= 0.6 is 11.3 Å². The topological polar surface area (TPSA) is 60.5 Å². The van der Waals surface area contributed by atoms with Crippen LogP contribution in [-0.2, 0) is 11.2 Å². The van der Waals surface area contributed by atoms with Crippen molar-refractivity contribution < 1.29 is 14.3 Å². The lowest BCUT2D eigenvalue weighted by molar-refractivity contribution is -0.115. The van der Waals surface area contributed by atoms with Crippen LogP contribution in [0.3, 0.4) is 0 Å². The van der Waals surface area contributed by atoms with Crippen LogP contribution < -0.4 is 14.8 Å². The summed E-state index contributed by atoms with van der Waals surface area (Å²) >= 11 is 1.49. The zero-order chi connectivity index (χ0) is 18.0. The molecule has 0 fully saturated rings. The molecule has 0 saturated carbocycles. The molecule has 0 spiro atoms. The van der Waals surface area contributed by atoms with E-state index in [1.54, 1.807) is 20.3 Å². The average Bonchev–Trinajstić information content (AvgIpc) is 2.97. The van der Waals surface area contributed by atoms with Gasteiger partial charge in [0.25, 0.3) is 0 Å². The number of carbonyl (C=O) groups is 1. The average molecular weight is 356 g/mol. The predicted molar refractivity (Wildman–Crippen MR) is 101 cm³/mol. The van der Waals surface area contributed by atoms with Crippen molar-refractivity contribution in [3.8, 4) is 11.5 Å². The molecule has 1 aromatic heterocycles. The number of hydrogen-bond acceptors (Lipinski definition) is 5. The minimum absolute atomic E-state index is 0.111. The Bertz CT molecular complexity index is 934. The number of benzene rings is 2. The monoisotopic (exact) mass is 356 g/mol. The molecule has 130 valence electrons. The fraction of sp³-hybridized carbons (Fsp3) is 0.263. The lowest BCUT2D eigenvalue weighted by Gasteiger charge is -2.09. The van der Waals surface area contributed by atoms with Crippen molar-refractivity contribution in [2.45, 2.75) is 20.3 Å². The number of methoxy groups -OCH3 is 2. The van der Waals surface area contributed by atoms with Crippen molar-refractivity contribution in [2.75, 3.05) is 19.5 Å². The fourth-order valence-corrected chi connectivity index (χ4v) is 3.82.